The van der Waals surface area contributed by atoms with Gasteiger partial charge in [-0.05, 0) is 35.9 Å². The maximum atomic E-state index is 13.6. The predicted octanol–water partition coefficient (Wildman–Crippen LogP) is 4.20. The van der Waals surface area contributed by atoms with E-state index in [1.54, 1.807) is 18.2 Å². The third-order valence-electron chi connectivity index (χ3n) is 5.65. The smallest absolute Gasteiger partial charge is 0.254 e. The molecule has 7 nitrogen and oxygen atoms in total. The summed E-state index contributed by atoms with van der Waals surface area (Å²) < 4.78 is 0. The minimum atomic E-state index is -0.0733. The zero-order valence-corrected chi connectivity index (χ0v) is 18.5. The average Bonchev–Trinajstić information content (AvgIpc) is 3.26. The molecule has 166 valence electrons. The number of aromatic hydroxyl groups is 1. The third-order valence-corrected chi connectivity index (χ3v) is 5.97. The number of pyridine rings is 1. The number of phenols is 1. The molecule has 1 fully saturated rings. The fraction of sp³-hybridized carbons (Fsp3) is 0.160. The lowest BCUT2D eigenvalue weighted by Crippen LogP contribution is -2.46. The fourth-order valence-corrected chi connectivity index (χ4v) is 4.24. The van der Waals surface area contributed by atoms with Gasteiger partial charge in [-0.25, -0.2) is 4.98 Å². The van der Waals surface area contributed by atoms with Crippen LogP contribution in [0.3, 0.4) is 0 Å². The molecule has 3 N–H and O–H groups in total. The van der Waals surface area contributed by atoms with Crippen LogP contribution in [-0.4, -0.2) is 57.3 Å². The lowest BCUT2D eigenvalue weighted by Gasteiger charge is -2.27. The summed E-state index contributed by atoms with van der Waals surface area (Å²) >= 11 is 6.38. The summed E-state index contributed by atoms with van der Waals surface area (Å²) in [5.74, 6) is -0.00682. The minimum absolute atomic E-state index is 0.0665. The van der Waals surface area contributed by atoms with Crippen molar-refractivity contribution < 1.29 is 9.90 Å². The van der Waals surface area contributed by atoms with Crippen LogP contribution in [0.15, 0.2) is 54.6 Å². The molecule has 0 bridgehead atoms. The number of aromatic amines is 1. The van der Waals surface area contributed by atoms with Crippen LogP contribution in [0, 0.1) is 0 Å². The van der Waals surface area contributed by atoms with Gasteiger partial charge in [-0.1, -0.05) is 48.0 Å². The highest BCUT2D eigenvalue weighted by Gasteiger charge is 2.24. The molecule has 1 aliphatic rings. The molecule has 0 unspecified atom stereocenters. The van der Waals surface area contributed by atoms with Gasteiger partial charge < -0.3 is 15.3 Å². The van der Waals surface area contributed by atoms with E-state index in [2.05, 4.69) is 15.5 Å². The van der Waals surface area contributed by atoms with Crippen molar-refractivity contribution in [2.75, 3.05) is 26.2 Å². The van der Waals surface area contributed by atoms with E-state index in [1.807, 2.05) is 47.4 Å². The zero-order valence-electron chi connectivity index (χ0n) is 17.8. The lowest BCUT2D eigenvalue weighted by molar-refractivity contribution is 0.0737. The highest BCUT2D eigenvalue weighted by Crippen LogP contribution is 2.33. The molecule has 0 atom stereocenters. The van der Waals surface area contributed by atoms with E-state index in [0.717, 1.165) is 18.7 Å². The van der Waals surface area contributed by atoms with Crippen molar-refractivity contribution in [1.82, 2.24) is 25.4 Å². The monoisotopic (exact) mass is 459 g/mol. The second-order valence-corrected chi connectivity index (χ2v) is 8.25. The Bertz CT molecular complexity index is 1340. The Morgan fingerprint density at radius 1 is 1.06 bits per heavy atom. The molecule has 0 saturated carbocycles. The van der Waals surface area contributed by atoms with E-state index in [1.165, 1.54) is 6.07 Å². The van der Waals surface area contributed by atoms with Gasteiger partial charge in [0.1, 0.15) is 5.75 Å². The number of hydrogen-bond donors (Lipinski definition) is 3. The van der Waals surface area contributed by atoms with Gasteiger partial charge in [0.15, 0.2) is 5.65 Å². The Hall–Kier alpha value is -3.68. The number of halogens is 1. The zero-order chi connectivity index (χ0) is 22.8. The molecule has 1 aliphatic heterocycles. The van der Waals surface area contributed by atoms with E-state index in [4.69, 9.17) is 16.6 Å². The third kappa shape index (κ3) is 4.33. The highest BCUT2D eigenvalue weighted by atomic mass is 35.5. The predicted molar refractivity (Wildman–Crippen MR) is 130 cm³/mol. The quantitative estimate of drug-likeness (QED) is 0.425. The summed E-state index contributed by atoms with van der Waals surface area (Å²) in [6.07, 6.45) is 3.84. The fourth-order valence-electron chi connectivity index (χ4n) is 3.97. The van der Waals surface area contributed by atoms with Crippen LogP contribution in [0.1, 0.15) is 21.6 Å². The summed E-state index contributed by atoms with van der Waals surface area (Å²) in [4.78, 5) is 20.1. The SMILES string of the molecule is O=C(c1cc(-c2ccc(O)cc2Cl)nc2[nH]nc(/C=C/c3ccccc3)c12)N1CCNCC1. The van der Waals surface area contributed by atoms with Gasteiger partial charge in [0.2, 0.25) is 0 Å². The summed E-state index contributed by atoms with van der Waals surface area (Å²) in [5, 5.41) is 21.4. The number of amides is 1. The summed E-state index contributed by atoms with van der Waals surface area (Å²) in [6.45, 7) is 2.77. The highest BCUT2D eigenvalue weighted by molar-refractivity contribution is 6.33. The molecular formula is C25H22ClN5O2. The van der Waals surface area contributed by atoms with E-state index in [9.17, 15) is 9.90 Å². The van der Waals surface area contributed by atoms with Crippen LogP contribution in [0.25, 0.3) is 34.4 Å². The summed E-state index contributed by atoms with van der Waals surface area (Å²) in [5.41, 5.74) is 3.85. The van der Waals surface area contributed by atoms with Crippen LogP contribution >= 0.6 is 11.6 Å². The molecule has 4 aromatic rings. The molecule has 2 aromatic heterocycles. The van der Waals surface area contributed by atoms with Crippen molar-refractivity contribution in [2.45, 2.75) is 0 Å². The lowest BCUT2D eigenvalue weighted by atomic mass is 10.0. The molecule has 3 heterocycles. The molecule has 2 aromatic carbocycles. The van der Waals surface area contributed by atoms with Crippen molar-refractivity contribution >= 4 is 40.7 Å². The molecule has 0 radical (unpaired) electrons. The molecule has 0 aliphatic carbocycles. The first-order valence-corrected chi connectivity index (χ1v) is 11.1. The second-order valence-electron chi connectivity index (χ2n) is 7.84. The number of aromatic nitrogens is 3. The number of nitrogens with one attached hydrogen (secondary N) is 2. The van der Waals surface area contributed by atoms with Crippen LogP contribution < -0.4 is 5.32 Å². The number of nitrogens with zero attached hydrogens (tertiary/aromatic N) is 3. The van der Waals surface area contributed by atoms with Crippen LogP contribution in [0.5, 0.6) is 5.75 Å². The van der Waals surface area contributed by atoms with E-state index in [0.29, 0.717) is 51.7 Å². The van der Waals surface area contributed by atoms with Gasteiger partial charge in [-0.2, -0.15) is 5.10 Å². The number of benzene rings is 2. The number of hydrogen-bond acceptors (Lipinski definition) is 5. The number of fused-ring (bicyclic) bond motifs is 1. The largest absolute Gasteiger partial charge is 0.508 e. The first-order chi connectivity index (χ1) is 16.1. The van der Waals surface area contributed by atoms with Gasteiger partial charge in [-0.3, -0.25) is 9.89 Å². The number of H-pyrrole nitrogens is 1. The Morgan fingerprint density at radius 3 is 2.61 bits per heavy atom. The van der Waals surface area contributed by atoms with Crippen LogP contribution in [-0.2, 0) is 0 Å². The van der Waals surface area contributed by atoms with Crippen LogP contribution in [0.2, 0.25) is 5.02 Å². The molecule has 8 heteroatoms. The van der Waals surface area contributed by atoms with Crippen LogP contribution in [0.4, 0.5) is 0 Å². The van der Waals surface area contributed by atoms with Gasteiger partial charge in [0, 0.05) is 31.7 Å². The summed E-state index contributed by atoms with van der Waals surface area (Å²) in [6, 6.07) is 16.4. The van der Waals surface area contributed by atoms with E-state index >= 15 is 0 Å². The topological polar surface area (TPSA) is 94.1 Å². The molecule has 1 amide bonds. The van der Waals surface area contributed by atoms with Crippen molar-refractivity contribution in [2.24, 2.45) is 0 Å². The molecule has 1 saturated heterocycles. The van der Waals surface area contributed by atoms with Crippen molar-refractivity contribution in [1.29, 1.82) is 0 Å². The molecule has 0 spiro atoms. The van der Waals surface area contributed by atoms with Crippen molar-refractivity contribution in [3.05, 3.63) is 76.4 Å². The van der Waals surface area contributed by atoms with Gasteiger partial charge in [0.25, 0.3) is 5.91 Å². The van der Waals surface area contributed by atoms with Gasteiger partial charge in [-0.15, -0.1) is 0 Å². The van der Waals surface area contributed by atoms with Gasteiger partial charge in [0.05, 0.1) is 27.4 Å². The number of phenolic OH excluding ortho intramolecular Hbond substituents is 1. The number of rotatable bonds is 4. The van der Waals surface area contributed by atoms with Gasteiger partial charge >= 0.3 is 0 Å². The number of carbonyl (C=O) groups excluding carboxylic acids is 1. The standard InChI is InChI=1S/C25H22ClN5O2/c26-20-14-17(32)7-8-18(20)22-15-19(25(33)31-12-10-27-11-13-31)23-21(29-30-24(23)28-22)9-6-16-4-2-1-3-5-16/h1-9,14-15,27,32H,10-13H2,(H,28,29,30)/b9-6+. The normalized spacial score (nSPS) is 14.3. The number of carbonyl (C=O) groups is 1. The minimum Gasteiger partial charge on any atom is -0.508 e. The summed E-state index contributed by atoms with van der Waals surface area (Å²) in [7, 11) is 0. The molecule has 33 heavy (non-hydrogen) atoms. The first-order valence-electron chi connectivity index (χ1n) is 10.7. The van der Waals surface area contributed by atoms with Crippen molar-refractivity contribution in [3.63, 3.8) is 0 Å². The Balaban J connectivity index is 1.65. The molecular weight excluding hydrogens is 438 g/mol. The maximum absolute atomic E-state index is 13.6. The number of piperazine rings is 1. The second kappa shape index (κ2) is 9.05. The first kappa shape index (κ1) is 21.2. The average molecular weight is 460 g/mol. The van der Waals surface area contributed by atoms with E-state index < -0.39 is 0 Å². The molecule has 5 rings (SSSR count). The Labute approximate surface area is 195 Å². The Kier molecular flexibility index (Phi) is 5.81. The Morgan fingerprint density at radius 2 is 1.85 bits per heavy atom. The van der Waals surface area contributed by atoms with E-state index in [-0.39, 0.29) is 11.7 Å². The maximum Gasteiger partial charge on any atom is 0.254 e. The van der Waals surface area contributed by atoms with Crippen molar-refractivity contribution in [3.8, 4) is 17.0 Å².